The van der Waals surface area contributed by atoms with Crippen molar-refractivity contribution in [2.24, 2.45) is 0 Å². The minimum atomic E-state index is -0.0390. The fraction of sp³-hybridized carbons (Fsp3) is 0.296. The number of methoxy groups -OCH3 is 4. The molecule has 184 valence electrons. The summed E-state index contributed by atoms with van der Waals surface area (Å²) < 4.78 is 27.9. The maximum Gasteiger partial charge on any atom is 0.227 e. The molecule has 0 unspecified atom stereocenters. The van der Waals surface area contributed by atoms with Gasteiger partial charge in [0.2, 0.25) is 11.7 Å². The van der Waals surface area contributed by atoms with Gasteiger partial charge in [-0.3, -0.25) is 4.79 Å². The molecule has 35 heavy (non-hydrogen) atoms. The Morgan fingerprint density at radius 1 is 0.914 bits per heavy atom. The summed E-state index contributed by atoms with van der Waals surface area (Å²) in [6.07, 6.45) is 0.178. The Labute approximate surface area is 210 Å². The van der Waals surface area contributed by atoms with E-state index in [0.29, 0.717) is 53.5 Å². The first-order chi connectivity index (χ1) is 17.0. The smallest absolute Gasteiger partial charge is 0.227 e. The first kappa shape index (κ1) is 24.5. The van der Waals surface area contributed by atoms with Crippen molar-refractivity contribution < 1.29 is 28.5 Å². The molecule has 0 radical (unpaired) electrons. The molecule has 1 aliphatic rings. The summed E-state index contributed by atoms with van der Waals surface area (Å²) in [7, 11) is 6.26. The van der Waals surface area contributed by atoms with E-state index in [-0.39, 0.29) is 12.3 Å². The zero-order valence-electron chi connectivity index (χ0n) is 20.2. The number of amides is 1. The lowest BCUT2D eigenvalue weighted by Crippen LogP contribution is -2.33. The number of benzene rings is 3. The second kappa shape index (κ2) is 10.8. The third-order valence-electron chi connectivity index (χ3n) is 5.91. The highest BCUT2D eigenvalue weighted by atomic mass is 35.5. The van der Waals surface area contributed by atoms with Crippen molar-refractivity contribution in [2.75, 3.05) is 41.6 Å². The molecule has 4 rings (SSSR count). The standard InChI is InChI=1S/C27H28ClNO6/c1-31-22-10-17(11-23(32-2)27(22)34-4)12-25(30)29-8-9-35-26-20(16-29)13-19(15-24(26)33-3)18-6-5-7-21(28)14-18/h5-7,10-11,13-15H,8-9,12,16H2,1-4H3. The van der Waals surface area contributed by atoms with E-state index in [9.17, 15) is 4.79 Å². The zero-order valence-corrected chi connectivity index (χ0v) is 21.0. The van der Waals surface area contributed by atoms with Crippen LogP contribution in [0.3, 0.4) is 0 Å². The lowest BCUT2D eigenvalue weighted by molar-refractivity contribution is -0.131. The number of fused-ring (bicyclic) bond motifs is 1. The number of hydrogen-bond donors (Lipinski definition) is 0. The van der Waals surface area contributed by atoms with Crippen LogP contribution in [0.2, 0.25) is 5.02 Å². The van der Waals surface area contributed by atoms with E-state index in [1.54, 1.807) is 45.5 Å². The molecule has 1 amide bonds. The molecular weight excluding hydrogens is 470 g/mol. The van der Waals surface area contributed by atoms with E-state index >= 15 is 0 Å². The van der Waals surface area contributed by atoms with Crippen LogP contribution in [0.25, 0.3) is 11.1 Å². The predicted octanol–water partition coefficient (Wildman–Crippen LogP) is 5.01. The number of ether oxygens (including phenoxy) is 5. The van der Waals surface area contributed by atoms with Gasteiger partial charge in [0.1, 0.15) is 6.61 Å². The Kier molecular flexibility index (Phi) is 7.56. The normalized spacial score (nSPS) is 12.8. The molecule has 8 heteroatoms. The minimum Gasteiger partial charge on any atom is -0.493 e. The summed E-state index contributed by atoms with van der Waals surface area (Å²) in [5, 5.41) is 0.648. The Morgan fingerprint density at radius 3 is 2.26 bits per heavy atom. The van der Waals surface area contributed by atoms with E-state index in [1.807, 2.05) is 36.4 Å². The molecule has 0 saturated carbocycles. The van der Waals surface area contributed by atoms with Crippen LogP contribution in [-0.2, 0) is 17.8 Å². The molecule has 0 bridgehead atoms. The van der Waals surface area contributed by atoms with Gasteiger partial charge in [-0.25, -0.2) is 0 Å². The zero-order chi connectivity index (χ0) is 24.9. The van der Waals surface area contributed by atoms with Crippen molar-refractivity contribution >= 4 is 17.5 Å². The molecule has 0 atom stereocenters. The number of nitrogens with zero attached hydrogens (tertiary/aromatic N) is 1. The fourth-order valence-electron chi connectivity index (χ4n) is 4.21. The molecule has 3 aromatic rings. The number of rotatable bonds is 7. The number of carbonyl (C=O) groups is 1. The molecule has 1 aliphatic heterocycles. The van der Waals surface area contributed by atoms with Gasteiger partial charge in [0.25, 0.3) is 0 Å². The molecule has 0 spiro atoms. The van der Waals surface area contributed by atoms with Gasteiger partial charge in [-0.15, -0.1) is 0 Å². The number of halogens is 1. The van der Waals surface area contributed by atoms with E-state index in [1.165, 1.54) is 0 Å². The van der Waals surface area contributed by atoms with Gasteiger partial charge in [0.05, 0.1) is 41.4 Å². The van der Waals surface area contributed by atoms with Crippen LogP contribution in [-0.4, -0.2) is 52.4 Å². The first-order valence-corrected chi connectivity index (χ1v) is 11.5. The van der Waals surface area contributed by atoms with Gasteiger partial charge >= 0.3 is 0 Å². The quantitative estimate of drug-likeness (QED) is 0.457. The fourth-order valence-corrected chi connectivity index (χ4v) is 4.40. The molecule has 1 heterocycles. The molecular formula is C27H28ClNO6. The van der Waals surface area contributed by atoms with E-state index in [4.69, 9.17) is 35.3 Å². The molecule has 0 saturated heterocycles. The van der Waals surface area contributed by atoms with Crippen molar-refractivity contribution in [3.05, 3.63) is 64.7 Å². The van der Waals surface area contributed by atoms with Crippen LogP contribution < -0.4 is 23.7 Å². The second-order valence-electron chi connectivity index (χ2n) is 8.05. The summed E-state index contributed by atoms with van der Waals surface area (Å²) in [4.78, 5) is 15.1. The van der Waals surface area contributed by atoms with Gasteiger partial charge in [-0.2, -0.15) is 0 Å². The number of hydrogen-bond acceptors (Lipinski definition) is 6. The topological polar surface area (TPSA) is 66.5 Å². The van der Waals surface area contributed by atoms with Crippen LogP contribution in [0.15, 0.2) is 48.5 Å². The minimum absolute atomic E-state index is 0.0390. The van der Waals surface area contributed by atoms with Gasteiger partial charge < -0.3 is 28.6 Å². The van der Waals surface area contributed by atoms with Crippen molar-refractivity contribution in [1.29, 1.82) is 0 Å². The molecule has 0 aliphatic carbocycles. The van der Waals surface area contributed by atoms with E-state index in [2.05, 4.69) is 0 Å². The summed E-state index contributed by atoms with van der Waals surface area (Å²) >= 11 is 6.21. The van der Waals surface area contributed by atoms with Gasteiger partial charge in [0, 0.05) is 17.1 Å². The monoisotopic (exact) mass is 497 g/mol. The van der Waals surface area contributed by atoms with Crippen LogP contribution >= 0.6 is 11.6 Å². The Bertz CT molecular complexity index is 1200. The van der Waals surface area contributed by atoms with Crippen LogP contribution in [0, 0.1) is 0 Å². The third-order valence-corrected chi connectivity index (χ3v) is 6.15. The maximum atomic E-state index is 13.3. The number of carbonyl (C=O) groups excluding carboxylic acids is 1. The van der Waals surface area contributed by atoms with E-state index in [0.717, 1.165) is 22.3 Å². The van der Waals surface area contributed by atoms with Crippen LogP contribution in [0.5, 0.6) is 28.7 Å². The van der Waals surface area contributed by atoms with Crippen molar-refractivity contribution in [2.45, 2.75) is 13.0 Å². The highest BCUT2D eigenvalue weighted by Gasteiger charge is 2.24. The second-order valence-corrected chi connectivity index (χ2v) is 8.49. The SMILES string of the molecule is COc1cc(-c2cccc(Cl)c2)cc2c1OCCN(C(=O)Cc1cc(OC)c(OC)c(OC)c1)C2. The average molecular weight is 498 g/mol. The maximum absolute atomic E-state index is 13.3. The Morgan fingerprint density at radius 2 is 1.63 bits per heavy atom. The largest absolute Gasteiger partial charge is 0.493 e. The average Bonchev–Trinajstić information content (AvgIpc) is 3.10. The lowest BCUT2D eigenvalue weighted by Gasteiger charge is -2.21. The summed E-state index contributed by atoms with van der Waals surface area (Å²) in [6, 6.07) is 15.2. The Balaban J connectivity index is 1.62. The predicted molar refractivity (Wildman–Crippen MR) is 134 cm³/mol. The molecule has 7 nitrogen and oxygen atoms in total. The third kappa shape index (κ3) is 5.25. The molecule has 0 fully saturated rings. The molecule has 0 aromatic heterocycles. The highest BCUT2D eigenvalue weighted by Crippen LogP contribution is 2.40. The first-order valence-electron chi connectivity index (χ1n) is 11.1. The van der Waals surface area contributed by atoms with Gasteiger partial charge in [-0.05, 0) is 53.1 Å². The Hall–Kier alpha value is -3.58. The van der Waals surface area contributed by atoms with Crippen LogP contribution in [0.1, 0.15) is 11.1 Å². The van der Waals surface area contributed by atoms with Crippen LogP contribution in [0.4, 0.5) is 0 Å². The van der Waals surface area contributed by atoms with Crippen molar-refractivity contribution in [3.8, 4) is 39.9 Å². The summed E-state index contributed by atoms with van der Waals surface area (Å²) in [5.41, 5.74) is 3.53. The molecule has 3 aromatic carbocycles. The summed E-state index contributed by atoms with van der Waals surface area (Å²) in [5.74, 6) is 2.75. The highest BCUT2D eigenvalue weighted by molar-refractivity contribution is 6.30. The van der Waals surface area contributed by atoms with Crippen molar-refractivity contribution in [1.82, 2.24) is 4.90 Å². The van der Waals surface area contributed by atoms with Gasteiger partial charge in [0.15, 0.2) is 23.0 Å². The lowest BCUT2D eigenvalue weighted by atomic mass is 10.0. The van der Waals surface area contributed by atoms with E-state index < -0.39 is 0 Å². The van der Waals surface area contributed by atoms with Crippen molar-refractivity contribution in [3.63, 3.8) is 0 Å². The van der Waals surface area contributed by atoms with Gasteiger partial charge in [-0.1, -0.05) is 23.7 Å². The summed E-state index contributed by atoms with van der Waals surface area (Å²) in [6.45, 7) is 1.21. The molecule has 0 N–H and O–H groups in total.